The Kier molecular flexibility index (Phi) is 4.98. The van der Waals surface area contributed by atoms with Gasteiger partial charge in [-0.3, -0.25) is 19.4 Å². The number of nitrogens with one attached hydrogen (secondary N) is 2. The molecule has 0 amide bonds. The van der Waals surface area contributed by atoms with E-state index in [9.17, 15) is 0 Å². The van der Waals surface area contributed by atoms with Crippen molar-refractivity contribution < 1.29 is 0 Å². The second-order valence-corrected chi connectivity index (χ2v) is 8.90. The molecule has 3 aromatic rings. The van der Waals surface area contributed by atoms with E-state index in [0.717, 1.165) is 67.7 Å². The van der Waals surface area contributed by atoms with E-state index >= 15 is 0 Å². The van der Waals surface area contributed by atoms with Crippen LogP contribution in [0, 0.1) is 6.92 Å². The Balaban J connectivity index is 1.29. The van der Waals surface area contributed by atoms with Crippen molar-refractivity contribution >= 4 is 28.3 Å². The molecule has 5 rings (SSSR count). The molecule has 2 aliphatic rings. The highest BCUT2D eigenvalue weighted by Crippen LogP contribution is 2.27. The number of thioether (sulfide) groups is 1. The summed E-state index contributed by atoms with van der Waals surface area (Å²) in [6, 6.07) is 0. The minimum Gasteiger partial charge on any atom is -0.353 e. The van der Waals surface area contributed by atoms with Crippen molar-refractivity contribution in [3.8, 4) is 11.3 Å². The maximum Gasteiger partial charge on any atom is 0.180 e. The first-order chi connectivity index (χ1) is 14.2. The Labute approximate surface area is 173 Å². The number of likely N-dealkylation sites (N-methyl/N-ethyl adjacent to an activating group) is 1. The van der Waals surface area contributed by atoms with Gasteiger partial charge in [-0.15, -0.1) is 0 Å². The fraction of sp³-hybridized carbons (Fsp3) is 0.474. The first-order valence-electron chi connectivity index (χ1n) is 9.87. The van der Waals surface area contributed by atoms with E-state index in [2.05, 4.69) is 41.7 Å². The molecule has 29 heavy (non-hydrogen) atoms. The highest BCUT2D eigenvalue weighted by Gasteiger charge is 2.24. The van der Waals surface area contributed by atoms with Gasteiger partial charge in [0.1, 0.15) is 0 Å². The molecule has 0 saturated carbocycles. The number of rotatable bonds is 5. The lowest BCUT2D eigenvalue weighted by Gasteiger charge is -2.32. The molecule has 5 heterocycles. The summed E-state index contributed by atoms with van der Waals surface area (Å²) in [5, 5.41) is 11.9. The molecule has 2 aliphatic heterocycles. The minimum atomic E-state index is 0.185. The number of hydrogen-bond acceptors (Lipinski definition) is 8. The number of imidazole rings is 1. The summed E-state index contributed by atoms with van der Waals surface area (Å²) in [4.78, 5) is 19.0. The van der Waals surface area contributed by atoms with E-state index in [1.807, 2.05) is 37.3 Å². The predicted octanol–water partition coefficient (Wildman–Crippen LogP) is 1.56. The van der Waals surface area contributed by atoms with E-state index in [1.54, 1.807) is 6.20 Å². The number of anilines is 1. The van der Waals surface area contributed by atoms with Crippen molar-refractivity contribution in [1.29, 1.82) is 0 Å². The molecule has 9 nitrogen and oxygen atoms in total. The SMILES string of the molecule is Cc1cn2c(-c3cn[nH]c3)cnc2c(NC2CN=C(CN3CCN(C)CC3)S2)n1. The highest BCUT2D eigenvalue weighted by molar-refractivity contribution is 8.14. The number of hydrogen-bond donors (Lipinski definition) is 2. The number of fused-ring (bicyclic) bond motifs is 1. The van der Waals surface area contributed by atoms with Gasteiger partial charge in [0.15, 0.2) is 11.5 Å². The van der Waals surface area contributed by atoms with Crippen molar-refractivity contribution in [3.63, 3.8) is 0 Å². The smallest absolute Gasteiger partial charge is 0.180 e. The highest BCUT2D eigenvalue weighted by atomic mass is 32.2. The van der Waals surface area contributed by atoms with E-state index in [0.29, 0.717) is 0 Å². The molecule has 1 unspecified atom stereocenters. The second kappa shape index (κ2) is 7.77. The van der Waals surface area contributed by atoms with Crippen LogP contribution in [-0.2, 0) is 0 Å². The number of H-pyrrole nitrogens is 1. The van der Waals surface area contributed by atoms with Crippen molar-refractivity contribution in [2.75, 3.05) is 51.6 Å². The van der Waals surface area contributed by atoms with E-state index in [-0.39, 0.29) is 5.37 Å². The second-order valence-electron chi connectivity index (χ2n) is 7.62. The van der Waals surface area contributed by atoms with Crippen LogP contribution in [0.4, 0.5) is 5.82 Å². The molecule has 0 spiro atoms. The summed E-state index contributed by atoms with van der Waals surface area (Å²) in [6.07, 6.45) is 7.55. The molecule has 152 valence electrons. The van der Waals surface area contributed by atoms with E-state index in [4.69, 9.17) is 9.98 Å². The van der Waals surface area contributed by atoms with Crippen molar-refractivity contribution in [2.24, 2.45) is 4.99 Å². The number of aryl methyl sites for hydroxylation is 1. The zero-order valence-electron chi connectivity index (χ0n) is 16.7. The number of nitrogens with zero attached hydrogens (tertiary/aromatic N) is 7. The number of aliphatic imine (C=N–C) groups is 1. The van der Waals surface area contributed by atoms with Crippen LogP contribution in [0.5, 0.6) is 0 Å². The van der Waals surface area contributed by atoms with Gasteiger partial charge < -0.3 is 10.2 Å². The molecule has 10 heteroatoms. The molecule has 2 N–H and O–H groups in total. The summed E-state index contributed by atoms with van der Waals surface area (Å²) in [5.74, 6) is 0.799. The third-order valence-corrected chi connectivity index (χ3v) is 6.45. The lowest BCUT2D eigenvalue weighted by molar-refractivity contribution is 0.171. The van der Waals surface area contributed by atoms with Gasteiger partial charge in [0, 0.05) is 50.7 Å². The van der Waals surface area contributed by atoms with Crippen LogP contribution in [0.25, 0.3) is 16.9 Å². The average molecular weight is 412 g/mol. The number of piperazine rings is 1. The van der Waals surface area contributed by atoms with Crippen LogP contribution in [0.1, 0.15) is 5.69 Å². The third kappa shape index (κ3) is 3.87. The summed E-state index contributed by atoms with van der Waals surface area (Å²) in [7, 11) is 2.18. The Morgan fingerprint density at radius 1 is 1.24 bits per heavy atom. The summed E-state index contributed by atoms with van der Waals surface area (Å²) >= 11 is 1.81. The maximum absolute atomic E-state index is 4.77. The topological polar surface area (TPSA) is 89.7 Å². The maximum atomic E-state index is 4.77. The molecular formula is C19H25N9S. The molecule has 0 bridgehead atoms. The Bertz CT molecular complexity index is 1020. The Morgan fingerprint density at radius 3 is 2.90 bits per heavy atom. The average Bonchev–Trinajstić information content (AvgIpc) is 3.44. The van der Waals surface area contributed by atoms with Crippen molar-refractivity contribution in [2.45, 2.75) is 12.3 Å². The van der Waals surface area contributed by atoms with Gasteiger partial charge in [-0.05, 0) is 14.0 Å². The Hall–Kier alpha value is -2.43. The van der Waals surface area contributed by atoms with Crippen molar-refractivity contribution in [3.05, 3.63) is 30.5 Å². The van der Waals surface area contributed by atoms with Gasteiger partial charge >= 0.3 is 0 Å². The van der Waals surface area contributed by atoms with Crippen LogP contribution < -0.4 is 5.32 Å². The van der Waals surface area contributed by atoms with Gasteiger partial charge in [-0.2, -0.15) is 5.10 Å². The standard InChI is InChI=1S/C19H25N9S/c1-13-11-28-15(14-7-22-23-8-14)9-21-19(28)18(24-13)25-16-10-20-17(29-16)12-27-5-3-26(2)4-6-27/h7-9,11,16H,3-6,10,12H2,1-2H3,(H,22,23)(H,24,25). The number of aromatic nitrogens is 5. The first-order valence-corrected chi connectivity index (χ1v) is 10.7. The van der Waals surface area contributed by atoms with E-state index < -0.39 is 0 Å². The summed E-state index contributed by atoms with van der Waals surface area (Å²) < 4.78 is 2.07. The van der Waals surface area contributed by atoms with Crippen molar-refractivity contribution in [1.82, 2.24) is 34.4 Å². The molecule has 1 saturated heterocycles. The van der Waals surface area contributed by atoms with Gasteiger partial charge in [-0.1, -0.05) is 11.8 Å². The van der Waals surface area contributed by atoms with Gasteiger partial charge in [0.05, 0.1) is 40.7 Å². The fourth-order valence-corrected chi connectivity index (χ4v) is 4.80. The van der Waals surface area contributed by atoms with Crippen LogP contribution in [0.15, 0.2) is 29.8 Å². The molecule has 0 radical (unpaired) electrons. The largest absolute Gasteiger partial charge is 0.353 e. The summed E-state index contributed by atoms with van der Waals surface area (Å²) in [5.41, 5.74) is 3.75. The summed E-state index contributed by atoms with van der Waals surface area (Å²) in [6.45, 7) is 8.18. The first kappa shape index (κ1) is 18.6. The van der Waals surface area contributed by atoms with E-state index in [1.165, 1.54) is 5.04 Å². The van der Waals surface area contributed by atoms with Gasteiger partial charge in [0.2, 0.25) is 0 Å². The monoisotopic (exact) mass is 411 g/mol. The fourth-order valence-electron chi connectivity index (χ4n) is 3.75. The predicted molar refractivity (Wildman–Crippen MR) is 117 cm³/mol. The van der Waals surface area contributed by atoms with Crippen LogP contribution in [0.3, 0.4) is 0 Å². The van der Waals surface area contributed by atoms with Crippen LogP contribution in [-0.4, -0.2) is 91.1 Å². The quantitative estimate of drug-likeness (QED) is 0.658. The molecule has 0 aromatic carbocycles. The van der Waals surface area contributed by atoms with Crippen LogP contribution >= 0.6 is 11.8 Å². The third-order valence-electron chi connectivity index (χ3n) is 5.37. The lowest BCUT2D eigenvalue weighted by Crippen LogP contribution is -2.45. The van der Waals surface area contributed by atoms with Gasteiger partial charge in [0.25, 0.3) is 0 Å². The Morgan fingerprint density at radius 2 is 2.10 bits per heavy atom. The minimum absolute atomic E-state index is 0.185. The zero-order valence-corrected chi connectivity index (χ0v) is 17.5. The molecule has 1 atom stereocenters. The molecule has 1 fully saturated rings. The number of aromatic amines is 1. The molecular weight excluding hydrogens is 386 g/mol. The van der Waals surface area contributed by atoms with Gasteiger partial charge in [-0.25, -0.2) is 9.97 Å². The zero-order chi connectivity index (χ0) is 19.8. The molecule has 0 aliphatic carbocycles. The normalized spacial score (nSPS) is 21.0. The lowest BCUT2D eigenvalue weighted by atomic mass is 10.3. The van der Waals surface area contributed by atoms with Crippen LogP contribution in [0.2, 0.25) is 0 Å². The molecule has 3 aromatic heterocycles.